The first-order valence-corrected chi connectivity index (χ1v) is 7.99. The Hall–Kier alpha value is -1.42. The van der Waals surface area contributed by atoms with Gasteiger partial charge in [-0.15, -0.1) is 0 Å². The molecule has 1 aromatic rings. The first-order valence-electron chi connectivity index (χ1n) is 7.99. The van der Waals surface area contributed by atoms with Crippen LogP contribution in [0.15, 0.2) is 18.2 Å². The van der Waals surface area contributed by atoms with Crippen LogP contribution in [-0.2, 0) is 0 Å². The monoisotopic (exact) mass is 289 g/mol. The van der Waals surface area contributed by atoms with Crippen LogP contribution in [0.5, 0.6) is 0 Å². The van der Waals surface area contributed by atoms with Gasteiger partial charge >= 0.3 is 0 Å². The summed E-state index contributed by atoms with van der Waals surface area (Å²) in [6.07, 6.45) is 2.34. The summed E-state index contributed by atoms with van der Waals surface area (Å²) >= 11 is 0. The second-order valence-electron chi connectivity index (χ2n) is 6.48. The Balaban J connectivity index is 1.69. The maximum atomic E-state index is 12.0. The molecule has 1 N–H and O–H groups in total. The summed E-state index contributed by atoms with van der Waals surface area (Å²) in [5.74, 6) is 1.51. The quantitative estimate of drug-likeness (QED) is 0.847. The van der Waals surface area contributed by atoms with Crippen molar-refractivity contribution in [2.75, 3.05) is 26.2 Å². The van der Waals surface area contributed by atoms with E-state index in [0.29, 0.717) is 12.2 Å². The van der Waals surface area contributed by atoms with Crippen LogP contribution in [0.3, 0.4) is 0 Å². The van der Waals surface area contributed by atoms with E-state index in [2.05, 4.69) is 29.0 Å². The van der Waals surface area contributed by atoms with Gasteiger partial charge in [-0.3, -0.25) is 4.79 Å². The van der Waals surface area contributed by atoms with Gasteiger partial charge in [0.1, 0.15) is 5.69 Å². The maximum absolute atomic E-state index is 12.0. The number of hydrogen-bond donors (Lipinski definition) is 1. The van der Waals surface area contributed by atoms with Crippen molar-refractivity contribution in [3.05, 3.63) is 29.6 Å². The molecule has 0 spiro atoms. The third-order valence-corrected chi connectivity index (χ3v) is 4.00. The minimum Gasteiger partial charge on any atom is -0.351 e. The highest BCUT2D eigenvalue weighted by Crippen LogP contribution is 2.20. The van der Waals surface area contributed by atoms with Crippen molar-refractivity contribution in [2.45, 2.75) is 33.6 Å². The van der Waals surface area contributed by atoms with E-state index < -0.39 is 0 Å². The Morgan fingerprint density at radius 2 is 2.05 bits per heavy atom. The molecule has 1 aliphatic rings. The summed E-state index contributed by atoms with van der Waals surface area (Å²) in [6.45, 7) is 10.7. The van der Waals surface area contributed by atoms with Crippen LogP contribution in [0, 0.1) is 18.8 Å². The fourth-order valence-electron chi connectivity index (χ4n) is 3.24. The van der Waals surface area contributed by atoms with Crippen molar-refractivity contribution in [1.29, 1.82) is 0 Å². The predicted molar refractivity (Wildman–Crippen MR) is 85.3 cm³/mol. The first kappa shape index (κ1) is 16.0. The Morgan fingerprint density at radius 3 is 2.71 bits per heavy atom. The molecule has 4 nitrogen and oxygen atoms in total. The van der Waals surface area contributed by atoms with E-state index in [1.165, 1.54) is 19.5 Å². The third-order valence-electron chi connectivity index (χ3n) is 4.00. The molecule has 1 aromatic heterocycles. The molecule has 1 saturated heterocycles. The molecule has 0 aliphatic carbocycles. The Morgan fingerprint density at radius 1 is 1.33 bits per heavy atom. The van der Waals surface area contributed by atoms with Crippen molar-refractivity contribution in [2.24, 2.45) is 11.8 Å². The number of aromatic nitrogens is 1. The van der Waals surface area contributed by atoms with Gasteiger partial charge in [-0.2, -0.15) is 0 Å². The summed E-state index contributed by atoms with van der Waals surface area (Å²) in [5, 5.41) is 2.96. The molecule has 1 aliphatic heterocycles. The predicted octanol–water partition coefficient (Wildman–Crippen LogP) is 2.49. The van der Waals surface area contributed by atoms with Crippen LogP contribution in [0.1, 0.15) is 42.9 Å². The molecule has 1 amide bonds. The van der Waals surface area contributed by atoms with E-state index in [4.69, 9.17) is 0 Å². The lowest BCUT2D eigenvalue weighted by atomic mass is 9.92. The van der Waals surface area contributed by atoms with Crippen molar-refractivity contribution < 1.29 is 4.79 Å². The highest BCUT2D eigenvalue weighted by Gasteiger charge is 2.21. The van der Waals surface area contributed by atoms with Gasteiger partial charge < -0.3 is 10.2 Å². The normalized spacial score (nSPS) is 23.0. The number of carbonyl (C=O) groups is 1. The molecule has 116 valence electrons. The number of aryl methyl sites for hydroxylation is 1. The zero-order valence-electron chi connectivity index (χ0n) is 13.4. The summed E-state index contributed by atoms with van der Waals surface area (Å²) in [4.78, 5) is 18.7. The molecule has 0 radical (unpaired) electrons. The molecule has 1 fully saturated rings. The number of likely N-dealkylation sites (tertiary alicyclic amines) is 1. The third kappa shape index (κ3) is 5.12. The highest BCUT2D eigenvalue weighted by atomic mass is 16.1. The molecule has 2 rings (SSSR count). The lowest BCUT2D eigenvalue weighted by Crippen LogP contribution is -2.40. The van der Waals surface area contributed by atoms with E-state index in [9.17, 15) is 4.79 Å². The first-order chi connectivity index (χ1) is 10.0. The van der Waals surface area contributed by atoms with Crippen LogP contribution in [0.2, 0.25) is 0 Å². The second-order valence-corrected chi connectivity index (χ2v) is 6.48. The molecule has 0 aromatic carbocycles. The van der Waals surface area contributed by atoms with Gasteiger partial charge in [0.05, 0.1) is 0 Å². The van der Waals surface area contributed by atoms with E-state index in [-0.39, 0.29) is 5.91 Å². The lowest BCUT2D eigenvalue weighted by Gasteiger charge is -2.34. The molecule has 4 heteroatoms. The van der Waals surface area contributed by atoms with Crippen LogP contribution in [0.25, 0.3) is 0 Å². The zero-order chi connectivity index (χ0) is 15.2. The van der Waals surface area contributed by atoms with Crippen molar-refractivity contribution in [1.82, 2.24) is 15.2 Å². The Bertz CT molecular complexity index is 465. The van der Waals surface area contributed by atoms with Gasteiger partial charge in [-0.1, -0.05) is 19.9 Å². The van der Waals surface area contributed by atoms with E-state index in [0.717, 1.165) is 30.5 Å². The molecular formula is C17H27N3O. The van der Waals surface area contributed by atoms with Gasteiger partial charge in [0.15, 0.2) is 0 Å². The molecule has 2 unspecified atom stereocenters. The molecule has 2 heterocycles. The number of carbonyl (C=O) groups excluding carboxylic acids is 1. The maximum Gasteiger partial charge on any atom is 0.269 e. The standard InChI is InChI=1S/C17H27N3O/c1-13-10-14(2)12-20(11-13)9-5-8-18-17(21)16-7-4-6-15(3)19-16/h4,6-7,13-14H,5,8-12H2,1-3H3,(H,18,21). The van der Waals surface area contributed by atoms with Crippen molar-refractivity contribution >= 4 is 5.91 Å². The SMILES string of the molecule is Cc1cccc(C(=O)NCCCN2CC(C)CC(C)C2)n1. The second kappa shape index (κ2) is 7.55. The van der Waals surface area contributed by atoms with E-state index >= 15 is 0 Å². The molecular weight excluding hydrogens is 262 g/mol. The zero-order valence-corrected chi connectivity index (χ0v) is 13.4. The van der Waals surface area contributed by atoms with Crippen molar-refractivity contribution in [3.8, 4) is 0 Å². The van der Waals surface area contributed by atoms with E-state index in [1.807, 2.05) is 19.1 Å². The number of nitrogens with one attached hydrogen (secondary N) is 1. The van der Waals surface area contributed by atoms with Gasteiger partial charge in [0.2, 0.25) is 0 Å². The van der Waals surface area contributed by atoms with Crippen LogP contribution in [-0.4, -0.2) is 42.0 Å². The number of hydrogen-bond acceptors (Lipinski definition) is 3. The Kier molecular flexibility index (Phi) is 5.74. The number of nitrogens with zero attached hydrogens (tertiary/aromatic N) is 2. The highest BCUT2D eigenvalue weighted by molar-refractivity contribution is 5.92. The van der Waals surface area contributed by atoms with Gasteiger partial charge in [0.25, 0.3) is 5.91 Å². The van der Waals surface area contributed by atoms with Gasteiger partial charge in [-0.05, 0) is 50.3 Å². The minimum absolute atomic E-state index is 0.0703. The molecule has 0 bridgehead atoms. The van der Waals surface area contributed by atoms with Gasteiger partial charge in [-0.25, -0.2) is 4.98 Å². The molecule has 21 heavy (non-hydrogen) atoms. The van der Waals surface area contributed by atoms with E-state index in [1.54, 1.807) is 6.07 Å². The van der Waals surface area contributed by atoms with Crippen LogP contribution >= 0.6 is 0 Å². The average Bonchev–Trinajstić information content (AvgIpc) is 2.42. The summed E-state index contributed by atoms with van der Waals surface area (Å²) in [5.41, 5.74) is 1.38. The van der Waals surface area contributed by atoms with Crippen molar-refractivity contribution in [3.63, 3.8) is 0 Å². The lowest BCUT2D eigenvalue weighted by molar-refractivity contribution is 0.0942. The number of pyridine rings is 1. The largest absolute Gasteiger partial charge is 0.351 e. The Labute approximate surface area is 127 Å². The summed E-state index contributed by atoms with van der Waals surface area (Å²) in [7, 11) is 0. The molecule has 0 saturated carbocycles. The number of piperidine rings is 1. The van der Waals surface area contributed by atoms with Crippen LogP contribution < -0.4 is 5.32 Å². The fourth-order valence-corrected chi connectivity index (χ4v) is 3.24. The summed E-state index contributed by atoms with van der Waals surface area (Å²) < 4.78 is 0. The minimum atomic E-state index is -0.0703. The van der Waals surface area contributed by atoms with Gasteiger partial charge in [0, 0.05) is 25.3 Å². The van der Waals surface area contributed by atoms with Crippen LogP contribution in [0.4, 0.5) is 0 Å². The smallest absolute Gasteiger partial charge is 0.269 e. The topological polar surface area (TPSA) is 45.2 Å². The number of amides is 1. The fraction of sp³-hybridized carbons (Fsp3) is 0.647. The summed E-state index contributed by atoms with van der Waals surface area (Å²) in [6, 6.07) is 5.53. The molecule has 2 atom stereocenters. The number of rotatable bonds is 5. The average molecular weight is 289 g/mol.